The number of carbonyl (C=O) groups excluding carboxylic acids is 1. The fourth-order valence-corrected chi connectivity index (χ4v) is 3.88. The van der Waals surface area contributed by atoms with E-state index >= 15 is 0 Å². The number of amides is 1. The normalized spacial score (nSPS) is 10.9. The molecule has 0 unspecified atom stereocenters. The van der Waals surface area contributed by atoms with Crippen LogP contribution in [0, 0.1) is 12.7 Å². The maximum atomic E-state index is 13.5. The Hall–Kier alpha value is -4.79. The molecule has 9 heteroatoms. The standard InChI is InChI=1S/C26H21FN6O2/c1-17-24(26(35)33(31(17)2)21-8-4-3-5-9-21)29-25(34)22-15-23(18-7-6-14-28-16-18)32(30-22)20-12-10-19(27)11-13-20/h3-16H,1-2H3,(H,29,34). The van der Waals surface area contributed by atoms with Crippen molar-refractivity contribution in [3.8, 4) is 22.6 Å². The molecule has 0 saturated carbocycles. The summed E-state index contributed by atoms with van der Waals surface area (Å²) in [6, 6.07) is 20.2. The zero-order chi connectivity index (χ0) is 24.5. The van der Waals surface area contributed by atoms with E-state index in [1.165, 1.54) is 16.8 Å². The van der Waals surface area contributed by atoms with Crippen LogP contribution in [0.5, 0.6) is 0 Å². The maximum absolute atomic E-state index is 13.5. The average molecular weight is 468 g/mol. The molecule has 3 aromatic heterocycles. The van der Waals surface area contributed by atoms with Gasteiger partial charge in [0.1, 0.15) is 11.5 Å². The molecule has 0 radical (unpaired) electrons. The lowest BCUT2D eigenvalue weighted by Crippen LogP contribution is -2.23. The SMILES string of the molecule is Cc1c(NC(=O)c2cc(-c3cccnc3)n(-c3ccc(F)cc3)n2)c(=O)n(-c2ccccc2)n1C. The molecule has 0 aliphatic heterocycles. The maximum Gasteiger partial charge on any atom is 0.295 e. The molecule has 35 heavy (non-hydrogen) atoms. The summed E-state index contributed by atoms with van der Waals surface area (Å²) in [5, 5.41) is 7.20. The molecule has 0 spiro atoms. The summed E-state index contributed by atoms with van der Waals surface area (Å²) in [6.07, 6.45) is 3.30. The van der Waals surface area contributed by atoms with Crippen LogP contribution in [0.25, 0.3) is 22.6 Å². The summed E-state index contributed by atoms with van der Waals surface area (Å²) >= 11 is 0. The lowest BCUT2D eigenvalue weighted by Gasteiger charge is -2.07. The molecule has 1 N–H and O–H groups in total. The fourth-order valence-electron chi connectivity index (χ4n) is 3.88. The Morgan fingerprint density at radius 3 is 2.40 bits per heavy atom. The first-order valence-electron chi connectivity index (χ1n) is 10.9. The Kier molecular flexibility index (Phi) is 5.58. The molecule has 0 aliphatic carbocycles. The van der Waals surface area contributed by atoms with Crippen LogP contribution in [0.3, 0.4) is 0 Å². The van der Waals surface area contributed by atoms with Crippen molar-refractivity contribution >= 4 is 11.6 Å². The van der Waals surface area contributed by atoms with Gasteiger partial charge >= 0.3 is 0 Å². The number of aromatic nitrogens is 5. The van der Waals surface area contributed by atoms with Crippen LogP contribution < -0.4 is 10.9 Å². The van der Waals surface area contributed by atoms with Crippen molar-refractivity contribution in [1.82, 2.24) is 24.1 Å². The van der Waals surface area contributed by atoms with Gasteiger partial charge in [-0.1, -0.05) is 18.2 Å². The number of pyridine rings is 1. The van der Waals surface area contributed by atoms with Crippen molar-refractivity contribution in [1.29, 1.82) is 0 Å². The Bertz CT molecular complexity index is 1570. The van der Waals surface area contributed by atoms with Gasteiger partial charge in [0.05, 0.1) is 22.8 Å². The van der Waals surface area contributed by atoms with Crippen molar-refractivity contribution in [2.75, 3.05) is 5.32 Å². The Morgan fingerprint density at radius 2 is 1.71 bits per heavy atom. The van der Waals surface area contributed by atoms with Gasteiger partial charge in [-0.25, -0.2) is 13.8 Å². The van der Waals surface area contributed by atoms with E-state index in [0.29, 0.717) is 22.8 Å². The van der Waals surface area contributed by atoms with E-state index in [1.807, 2.05) is 36.4 Å². The van der Waals surface area contributed by atoms with Crippen LogP contribution in [0.4, 0.5) is 10.1 Å². The molecule has 0 bridgehead atoms. The number of rotatable bonds is 5. The smallest absolute Gasteiger partial charge is 0.295 e. The molecule has 2 aromatic carbocycles. The van der Waals surface area contributed by atoms with E-state index in [-0.39, 0.29) is 22.8 Å². The third kappa shape index (κ3) is 4.04. The van der Waals surface area contributed by atoms with Gasteiger partial charge in [0.25, 0.3) is 11.5 Å². The molecule has 8 nitrogen and oxygen atoms in total. The number of halogens is 1. The second-order valence-corrected chi connectivity index (χ2v) is 7.94. The second kappa shape index (κ2) is 8.86. The minimum absolute atomic E-state index is 0.0992. The highest BCUT2D eigenvalue weighted by Crippen LogP contribution is 2.24. The van der Waals surface area contributed by atoms with Crippen LogP contribution in [0.1, 0.15) is 16.2 Å². The van der Waals surface area contributed by atoms with Crippen molar-refractivity contribution in [2.24, 2.45) is 7.05 Å². The van der Waals surface area contributed by atoms with Gasteiger partial charge in [-0.3, -0.25) is 19.3 Å². The van der Waals surface area contributed by atoms with Gasteiger partial charge in [0.2, 0.25) is 0 Å². The largest absolute Gasteiger partial charge is 0.314 e. The molecule has 0 fully saturated rings. The predicted octanol–water partition coefficient (Wildman–Crippen LogP) is 4.12. The number of nitrogens with zero attached hydrogens (tertiary/aromatic N) is 5. The lowest BCUT2D eigenvalue weighted by atomic mass is 10.2. The van der Waals surface area contributed by atoms with Gasteiger partial charge in [-0.2, -0.15) is 5.10 Å². The minimum atomic E-state index is -0.540. The molecule has 1 amide bonds. The lowest BCUT2D eigenvalue weighted by molar-refractivity contribution is 0.102. The van der Waals surface area contributed by atoms with Gasteiger partial charge in [0.15, 0.2) is 5.69 Å². The number of hydrogen-bond acceptors (Lipinski definition) is 4. The van der Waals surface area contributed by atoms with E-state index in [4.69, 9.17) is 0 Å². The number of benzene rings is 2. The Balaban J connectivity index is 1.55. The number of para-hydroxylation sites is 1. The predicted molar refractivity (Wildman–Crippen MR) is 130 cm³/mol. The average Bonchev–Trinajstić information content (AvgIpc) is 3.41. The highest BCUT2D eigenvalue weighted by Gasteiger charge is 2.22. The molecule has 0 atom stereocenters. The summed E-state index contributed by atoms with van der Waals surface area (Å²) < 4.78 is 18.2. The van der Waals surface area contributed by atoms with Gasteiger partial charge in [-0.15, -0.1) is 0 Å². The van der Waals surface area contributed by atoms with E-state index in [2.05, 4.69) is 15.4 Å². The van der Waals surface area contributed by atoms with Crippen molar-refractivity contribution in [2.45, 2.75) is 6.92 Å². The monoisotopic (exact) mass is 468 g/mol. The van der Waals surface area contributed by atoms with Gasteiger partial charge in [0, 0.05) is 25.0 Å². The molecule has 3 heterocycles. The zero-order valence-corrected chi connectivity index (χ0v) is 19.0. The van der Waals surface area contributed by atoms with Crippen LogP contribution in [0.15, 0.2) is 90.0 Å². The van der Waals surface area contributed by atoms with Crippen LogP contribution in [-0.2, 0) is 7.05 Å². The van der Waals surface area contributed by atoms with Crippen molar-refractivity contribution < 1.29 is 9.18 Å². The molecule has 5 aromatic rings. The van der Waals surface area contributed by atoms with E-state index in [9.17, 15) is 14.0 Å². The summed E-state index contributed by atoms with van der Waals surface area (Å²) in [4.78, 5) is 30.6. The molecule has 5 rings (SSSR count). The first-order chi connectivity index (χ1) is 16.9. The van der Waals surface area contributed by atoms with Gasteiger partial charge < -0.3 is 5.32 Å². The number of nitrogens with one attached hydrogen (secondary N) is 1. The number of hydrogen-bond donors (Lipinski definition) is 1. The summed E-state index contributed by atoms with van der Waals surface area (Å²) in [5.74, 6) is -0.918. The second-order valence-electron chi connectivity index (χ2n) is 7.94. The molecule has 0 aliphatic rings. The fraction of sp³-hybridized carbons (Fsp3) is 0.0769. The van der Waals surface area contributed by atoms with Crippen LogP contribution in [0.2, 0.25) is 0 Å². The minimum Gasteiger partial charge on any atom is -0.314 e. The van der Waals surface area contributed by atoms with E-state index < -0.39 is 5.91 Å². The quantitative estimate of drug-likeness (QED) is 0.420. The molecule has 174 valence electrons. The van der Waals surface area contributed by atoms with Crippen LogP contribution in [-0.4, -0.2) is 30.0 Å². The Morgan fingerprint density at radius 1 is 0.971 bits per heavy atom. The summed E-state index contributed by atoms with van der Waals surface area (Å²) in [5.41, 5.74) is 3.09. The molecule has 0 saturated heterocycles. The first-order valence-corrected chi connectivity index (χ1v) is 10.9. The highest BCUT2D eigenvalue weighted by atomic mass is 19.1. The third-order valence-electron chi connectivity index (χ3n) is 5.76. The topological polar surface area (TPSA) is 86.7 Å². The molecular formula is C26H21FN6O2. The number of anilines is 1. The van der Waals surface area contributed by atoms with Crippen molar-refractivity contribution in [3.05, 3.63) is 113 Å². The zero-order valence-electron chi connectivity index (χ0n) is 19.0. The highest BCUT2D eigenvalue weighted by molar-refractivity contribution is 6.03. The van der Waals surface area contributed by atoms with Crippen LogP contribution >= 0.6 is 0 Å². The molecular weight excluding hydrogens is 447 g/mol. The van der Waals surface area contributed by atoms with Gasteiger partial charge in [-0.05, 0) is 61.5 Å². The van der Waals surface area contributed by atoms with E-state index in [0.717, 1.165) is 5.56 Å². The number of carbonyl (C=O) groups is 1. The first kappa shape index (κ1) is 22.0. The summed E-state index contributed by atoms with van der Waals surface area (Å²) in [6.45, 7) is 1.76. The third-order valence-corrected chi connectivity index (χ3v) is 5.76. The summed E-state index contributed by atoms with van der Waals surface area (Å²) in [7, 11) is 1.75. The van der Waals surface area contributed by atoms with Crippen molar-refractivity contribution in [3.63, 3.8) is 0 Å². The van der Waals surface area contributed by atoms with E-state index in [1.54, 1.807) is 60.0 Å². The Labute approximate surface area is 199 Å².